The Hall–Kier alpha value is -13.8. The van der Waals surface area contributed by atoms with Crippen molar-refractivity contribution in [1.82, 2.24) is 46.8 Å². The lowest BCUT2D eigenvalue weighted by Crippen LogP contribution is -2.49. The van der Waals surface area contributed by atoms with E-state index in [1.165, 1.54) is 130 Å². The quantitative estimate of drug-likeness (QED) is 0.00321. The molecule has 145 heavy (non-hydrogen) atoms. The molecule has 5 aromatic rings. The fourth-order valence-electron chi connectivity index (χ4n) is 18.2. The van der Waals surface area contributed by atoms with E-state index in [9.17, 15) is 110 Å². The van der Waals surface area contributed by atoms with E-state index >= 15 is 0 Å². The molecule has 40 heteroatoms. The molecule has 9 amide bonds. The van der Waals surface area contributed by atoms with Crippen LogP contribution in [0.5, 0.6) is 11.5 Å². The summed E-state index contributed by atoms with van der Waals surface area (Å²) in [6, 6.07) is 18.7. The van der Waals surface area contributed by atoms with Crippen molar-refractivity contribution < 1.29 is 123 Å². The lowest BCUT2D eigenvalue weighted by molar-refractivity contribution is -0.433. The second-order valence-electron chi connectivity index (χ2n) is 38.0. The number of Topliss-reactive ketones (excluding diaryl/α,β-unsaturated/α-hetero) is 5. The van der Waals surface area contributed by atoms with Crippen LogP contribution in [0.1, 0.15) is 205 Å². The zero-order valence-corrected chi connectivity index (χ0v) is 84.8. The van der Waals surface area contributed by atoms with Gasteiger partial charge in [-0.3, -0.25) is 91.0 Å². The standard InChI is InChI=1S/C105H128N12O26S2/c1-12-115-82-35-27-60(2)44-78(82)104(8,9)92(115)24-15-13-16-25-93-105(10,11)79-52-73(145(138,139)140)32-36-83(79)116(93)41-20-14-17-26-94(128)108-40-42-117-95(129)54-91(103(117)137)144-57-81(113-65(7)120)84(124)23-21-43-141-56-72(123)46-67(22-18-19-39-109-100(134)68-28-37-88(142-59-118)77(47-68)97-74-33-30-70(121)50-89(74)143-90-51-71(122)31-34-75(90)97)101(135)112-62(4)85(125)45-61(3)99(133)111-63(5)86(126)53-76(64(6)119)102(136)114-80(49-69-55-107-58-110-69)87(127)48-66(98(106)132)29-38-96(130)131/h13,15-16,24-25,27-28,30-37,44,47,50-52,55,58-59,61-64,66-67,76,80-81,91,119H,12,14,17-23,26,29,38-43,45-46,48-49,53-54,56-57H2,1-11H3,(H11-,106,107,108,109,110,111,112,113,114,120,121,122,128,130,131,132,133,134,135,136,138,139,140)/p+1/t61-,62+,63+,64-,66-,67-,76+,80+,81+,91?/m0/s1. The van der Waals surface area contributed by atoms with Crippen LogP contribution >= 0.6 is 11.8 Å². The molecule has 1 unspecified atom stereocenters. The summed E-state index contributed by atoms with van der Waals surface area (Å²) in [5.74, 6) is -15.3. The molecule has 4 aliphatic heterocycles. The Morgan fingerprint density at radius 3 is 2.13 bits per heavy atom. The number of aliphatic hydroxyl groups is 1. The number of allylic oxidation sites excluding steroid dienone is 6. The largest absolute Gasteiger partial charge is 0.508 e. The number of nitrogens with two attached hydrogens (primary N) is 1. The van der Waals surface area contributed by atoms with E-state index in [2.05, 4.69) is 103 Å². The third kappa shape index (κ3) is 30.4. The Balaban J connectivity index is 0.700. The summed E-state index contributed by atoms with van der Waals surface area (Å²) < 4.78 is 54.2. The number of likely N-dealkylation sites (tertiary alicyclic amines) is 1. The number of aromatic nitrogens is 2. The molecule has 10 atom stereocenters. The number of primary amides is 1. The van der Waals surface area contributed by atoms with Gasteiger partial charge < -0.3 is 76.7 Å². The highest BCUT2D eigenvalue weighted by Crippen LogP contribution is 2.50. The van der Waals surface area contributed by atoms with Crippen LogP contribution in [0.25, 0.3) is 33.4 Å². The van der Waals surface area contributed by atoms with Crippen molar-refractivity contribution in [2.75, 3.05) is 56.6 Å². The van der Waals surface area contributed by atoms with Gasteiger partial charge in [0.2, 0.25) is 52.9 Å². The predicted molar refractivity (Wildman–Crippen MR) is 539 cm³/mol. The lowest BCUT2D eigenvalue weighted by Gasteiger charge is -2.27. The molecule has 4 aromatic carbocycles. The average Bonchev–Trinajstić information content (AvgIpc) is 0.792. The molecule has 10 rings (SSSR count). The van der Waals surface area contributed by atoms with E-state index in [-0.39, 0.29) is 152 Å². The van der Waals surface area contributed by atoms with Crippen LogP contribution in [0.15, 0.2) is 154 Å². The zero-order chi connectivity index (χ0) is 106. The number of aliphatic hydroxyl groups excluding tert-OH is 1. The van der Waals surface area contributed by atoms with Crippen LogP contribution in [0.3, 0.4) is 0 Å². The van der Waals surface area contributed by atoms with Crippen LogP contribution in [0.2, 0.25) is 0 Å². The van der Waals surface area contributed by atoms with E-state index in [4.69, 9.17) is 19.6 Å². The highest BCUT2D eigenvalue weighted by Gasteiger charge is 2.46. The number of hydrogen-bond donors (Lipinski definition) is 12. The fraction of sp³-hybridized carbons (Fsp3) is 0.457. The summed E-state index contributed by atoms with van der Waals surface area (Å²) in [4.78, 5) is 236. The number of amides is 9. The van der Waals surface area contributed by atoms with Gasteiger partial charge in [-0.25, -0.2) is 4.98 Å². The molecule has 0 bridgehead atoms. The first kappa shape index (κ1) is 113. The van der Waals surface area contributed by atoms with Gasteiger partial charge in [0.05, 0.1) is 63.8 Å². The number of aromatic amines is 1. The minimum Gasteiger partial charge on any atom is -0.508 e. The molecular formula is C105H129N12O26S2+. The first-order chi connectivity index (χ1) is 68.7. The van der Waals surface area contributed by atoms with E-state index in [1.54, 1.807) is 12.1 Å². The van der Waals surface area contributed by atoms with Gasteiger partial charge in [-0.05, 0) is 165 Å². The summed E-state index contributed by atoms with van der Waals surface area (Å²) in [6.45, 7) is 19.9. The molecule has 1 fully saturated rings. The number of aliphatic carboxylic acids is 1. The SMILES string of the molecule is CC[N+]1=C(/C=C/C=C/C=C2/N(CCCCCC(=O)NCCN3C(=O)CC(SC[C@@H](NC(C)=O)C(=O)CCCOCC(=O)C[C@H](CCCCNC(=O)c4ccc(OC=O)c(-c5c6ccc(=O)cc-6oc6cc(O)ccc56)c4)C(=O)N[C@H](C)C(=O)C[C@H](C)C(=O)N[C@H](C)C(=O)C[C@@H](C(=O)N[C@H](Cc4c[nH]cn4)C(=O)C[C@H](CCC(=O)O)C(N)=O)[C@H](C)O)C3=O)c3ccc(S(=O)(=O)O)cc3C2(C)C)C(C)(C)c2cc(C)ccc21. The molecule has 5 heterocycles. The Morgan fingerprint density at radius 1 is 0.703 bits per heavy atom. The molecule has 38 nitrogen and oxygen atoms in total. The number of imidazole rings is 1. The second-order valence-corrected chi connectivity index (χ2v) is 40.6. The van der Waals surface area contributed by atoms with E-state index in [0.29, 0.717) is 48.0 Å². The van der Waals surface area contributed by atoms with Gasteiger partial charge in [0.15, 0.2) is 40.1 Å². The van der Waals surface area contributed by atoms with Crippen LogP contribution < -0.4 is 52.7 Å². The number of anilines is 1. The Labute approximate surface area is 844 Å². The maximum absolute atomic E-state index is 14.4. The van der Waals surface area contributed by atoms with Gasteiger partial charge in [-0.15, -0.1) is 11.8 Å². The van der Waals surface area contributed by atoms with Crippen molar-refractivity contribution in [3.05, 3.63) is 178 Å². The van der Waals surface area contributed by atoms with Crippen molar-refractivity contribution in [3.8, 4) is 33.9 Å². The number of rotatable bonds is 58. The molecule has 776 valence electrons. The number of phenols is 1. The summed E-state index contributed by atoms with van der Waals surface area (Å²) in [5, 5.41) is 45.9. The number of hydrogen-bond acceptors (Lipinski definition) is 27. The summed E-state index contributed by atoms with van der Waals surface area (Å²) in [7, 11) is -4.51. The van der Waals surface area contributed by atoms with Crippen LogP contribution in [0, 0.1) is 30.6 Å². The van der Waals surface area contributed by atoms with Crippen molar-refractivity contribution in [2.45, 2.75) is 237 Å². The molecule has 0 radical (unpaired) electrons. The minimum atomic E-state index is -4.51. The number of nitrogens with zero attached hydrogens (tertiary/aromatic N) is 4. The number of fused-ring (bicyclic) bond motifs is 4. The molecule has 1 aromatic heterocycles. The number of benzene rings is 5. The number of H-pyrrole nitrogens is 1. The monoisotopic (exact) mass is 2040 g/mol. The van der Waals surface area contributed by atoms with Gasteiger partial charge in [0.1, 0.15) is 36.0 Å². The number of carboxylic acids is 1. The normalized spacial score (nSPS) is 16.4. The molecule has 13 N–H and O–H groups in total. The van der Waals surface area contributed by atoms with Crippen molar-refractivity contribution >= 4 is 144 Å². The first-order valence-corrected chi connectivity index (χ1v) is 50.9. The number of unbranched alkanes of at least 4 members (excludes halogenated alkanes) is 3. The highest BCUT2D eigenvalue weighted by atomic mass is 32.2. The van der Waals surface area contributed by atoms with E-state index in [1.807, 2.05) is 38.2 Å². The number of aryl methyl sites for hydroxylation is 1. The zero-order valence-electron chi connectivity index (χ0n) is 83.2. The number of ether oxygens (including phenoxy) is 2. The number of thioether (sulfide) groups is 1. The first-order valence-electron chi connectivity index (χ1n) is 48.4. The Morgan fingerprint density at radius 2 is 1.44 bits per heavy atom. The number of carbonyl (C=O) groups is 16. The van der Waals surface area contributed by atoms with Gasteiger partial charge in [-0.1, -0.05) is 63.5 Å². The smallest absolute Gasteiger partial charge is 0.303 e. The summed E-state index contributed by atoms with van der Waals surface area (Å²) >= 11 is 1.01. The maximum atomic E-state index is 14.4. The van der Waals surface area contributed by atoms with Crippen LogP contribution in [-0.4, -0.2) is 235 Å². The number of ketones is 5. The van der Waals surface area contributed by atoms with Gasteiger partial charge in [0.25, 0.3) is 22.5 Å². The summed E-state index contributed by atoms with van der Waals surface area (Å²) in [6.07, 6.45) is 10.3. The molecule has 1 aliphatic carbocycles. The molecule has 1 saturated heterocycles. The molecule has 5 aliphatic rings. The Bertz CT molecular complexity index is 6320. The van der Waals surface area contributed by atoms with Gasteiger partial charge >= 0.3 is 5.97 Å². The number of nitrogens with one attached hydrogen (secondary N) is 7. The number of carbonyl (C=O) groups excluding carboxylic acids is 15. The van der Waals surface area contributed by atoms with Crippen molar-refractivity contribution in [1.29, 1.82) is 0 Å². The topological polar surface area (TPSA) is 573 Å². The number of aromatic hydroxyl groups is 1. The van der Waals surface area contributed by atoms with Crippen molar-refractivity contribution in [3.63, 3.8) is 0 Å². The predicted octanol–water partition coefficient (Wildman–Crippen LogP) is 9.07. The number of carboxylic acid groups (broad SMARTS) is 1. The Kier molecular flexibility index (Phi) is 40.3. The van der Waals surface area contributed by atoms with Gasteiger partial charge in [-0.2, -0.15) is 13.0 Å². The van der Waals surface area contributed by atoms with Crippen molar-refractivity contribution in [2.24, 2.45) is 29.4 Å². The van der Waals surface area contributed by atoms with Gasteiger partial charge in [0, 0.05) is 201 Å². The lowest BCUT2D eigenvalue weighted by atomic mass is 9.81. The number of imide groups is 1. The molecule has 0 saturated carbocycles. The van der Waals surface area contributed by atoms with E-state index in [0.717, 1.165) is 40.2 Å². The third-order valence-corrected chi connectivity index (χ3v) is 28.4. The number of phenolic OH excluding ortho intramolecular Hbond substituents is 1. The average molecular weight is 2040 g/mol. The van der Waals surface area contributed by atoms with Crippen LogP contribution in [-0.2, 0) is 104 Å². The second kappa shape index (κ2) is 51.6. The van der Waals surface area contributed by atoms with E-state index < -0.39 is 196 Å². The summed E-state index contributed by atoms with van der Waals surface area (Å²) in [5.41, 5.74) is 13.1. The highest BCUT2D eigenvalue weighted by molar-refractivity contribution is 8.00. The maximum Gasteiger partial charge on any atom is 0.303 e. The fourth-order valence-corrected chi connectivity index (χ4v) is 19.9. The minimum absolute atomic E-state index is 0.00630. The van der Waals surface area contributed by atoms with Crippen LogP contribution in [0.4, 0.5) is 11.4 Å². The molecule has 0 spiro atoms. The third-order valence-electron chi connectivity index (χ3n) is 26.3. The molecular weight excluding hydrogens is 1910 g/mol.